The number of dihydropyridines is 1. The van der Waals surface area contributed by atoms with Crippen molar-refractivity contribution in [3.05, 3.63) is 72.9 Å². The van der Waals surface area contributed by atoms with E-state index in [1.54, 1.807) is 6.92 Å². The minimum absolute atomic E-state index is 0.0198. The minimum Gasteiger partial charge on any atom is -0.437 e. The van der Waals surface area contributed by atoms with Gasteiger partial charge in [0.15, 0.2) is 0 Å². The van der Waals surface area contributed by atoms with Crippen LogP contribution in [-0.4, -0.2) is 36.8 Å². The van der Waals surface area contributed by atoms with E-state index in [-0.39, 0.29) is 30.2 Å². The predicted octanol–water partition coefficient (Wildman–Crippen LogP) is 2.82. The number of nitrogens with one attached hydrogen (secondary N) is 1. The summed E-state index contributed by atoms with van der Waals surface area (Å²) in [6.07, 6.45) is -0.815. The first-order valence-electron chi connectivity index (χ1n) is 8.14. The highest BCUT2D eigenvalue weighted by Gasteiger charge is 2.41. The lowest BCUT2D eigenvalue weighted by atomic mass is 9.88. The predicted molar refractivity (Wildman–Crippen MR) is 95.7 cm³/mol. The number of carbonyl (C=O) groups excluding carboxylic acids is 1. The fourth-order valence-electron chi connectivity index (χ4n) is 2.84. The van der Waals surface area contributed by atoms with Gasteiger partial charge in [-0.05, 0) is 12.5 Å². The molecule has 0 saturated carbocycles. The second-order valence-electron chi connectivity index (χ2n) is 5.82. The summed E-state index contributed by atoms with van der Waals surface area (Å²) in [4.78, 5) is 33.3. The van der Waals surface area contributed by atoms with Gasteiger partial charge in [-0.25, -0.2) is 4.79 Å². The highest BCUT2D eigenvalue weighted by molar-refractivity contribution is 5.62. The topological polar surface area (TPSA) is 143 Å². The van der Waals surface area contributed by atoms with E-state index in [9.17, 15) is 25.0 Å². The average Bonchev–Trinajstić information content (AvgIpc) is 2.67. The Hall–Kier alpha value is -3.47. The smallest absolute Gasteiger partial charge is 0.437 e. The van der Waals surface area contributed by atoms with Crippen molar-refractivity contribution in [2.45, 2.75) is 19.3 Å². The quantitative estimate of drug-likeness (QED) is 0.420. The van der Waals surface area contributed by atoms with Crippen LogP contribution in [-0.2, 0) is 14.2 Å². The third-order valence-electron chi connectivity index (χ3n) is 4.10. The third-order valence-corrected chi connectivity index (χ3v) is 4.10. The Morgan fingerprint density at radius 1 is 1.14 bits per heavy atom. The van der Waals surface area contributed by atoms with Crippen LogP contribution in [0, 0.1) is 20.2 Å². The zero-order chi connectivity index (χ0) is 20.8. The molecule has 0 bridgehead atoms. The fraction of sp³-hybridized carbons (Fsp3) is 0.353. The van der Waals surface area contributed by atoms with Crippen LogP contribution >= 0.6 is 0 Å². The number of benzene rings is 1. The van der Waals surface area contributed by atoms with Gasteiger partial charge in [0.05, 0.1) is 35.0 Å². The summed E-state index contributed by atoms with van der Waals surface area (Å²) < 4.78 is 14.7. The van der Waals surface area contributed by atoms with Gasteiger partial charge in [0, 0.05) is 25.7 Å². The number of allylic oxidation sites excluding steroid dienone is 1. The van der Waals surface area contributed by atoms with Crippen molar-refractivity contribution in [2.75, 3.05) is 20.8 Å². The molecule has 1 atom stereocenters. The maximum Gasteiger partial charge on any atom is 0.513 e. The molecular weight excluding hydrogens is 374 g/mol. The zero-order valence-electron chi connectivity index (χ0n) is 15.5. The van der Waals surface area contributed by atoms with Gasteiger partial charge in [-0.1, -0.05) is 12.1 Å². The van der Waals surface area contributed by atoms with Crippen molar-refractivity contribution in [3.8, 4) is 0 Å². The van der Waals surface area contributed by atoms with Crippen LogP contribution in [0.5, 0.6) is 0 Å². The first-order chi connectivity index (χ1) is 13.3. The number of nitro benzene ring substituents is 1. The molecule has 0 amide bonds. The Bertz CT molecular complexity index is 844. The van der Waals surface area contributed by atoms with Gasteiger partial charge in [-0.15, -0.1) is 0 Å². The number of nitro groups is 2. The molecule has 11 nitrogen and oxygen atoms in total. The molecule has 0 saturated heterocycles. The molecule has 0 aliphatic carbocycles. The molecule has 11 heteroatoms. The standard InChI is InChI=1S/C17H19N3O8/c1-10-16(28-17(21)27-3)14(11-4-6-12(7-5-11)19(22)23)15(20(24)25)13(18-10)8-9-26-2/h4-7,14,18H,8-9H2,1-3H3. The van der Waals surface area contributed by atoms with Gasteiger partial charge >= 0.3 is 6.16 Å². The van der Waals surface area contributed by atoms with Crippen molar-refractivity contribution >= 4 is 11.8 Å². The Kier molecular flexibility index (Phi) is 6.66. The minimum atomic E-state index is -1.07. The number of methoxy groups -OCH3 is 2. The van der Waals surface area contributed by atoms with Gasteiger partial charge < -0.3 is 19.5 Å². The largest absolute Gasteiger partial charge is 0.513 e. The molecule has 1 aromatic rings. The van der Waals surface area contributed by atoms with Crippen LogP contribution in [0.2, 0.25) is 0 Å². The van der Waals surface area contributed by atoms with Gasteiger partial charge in [0.25, 0.3) is 11.4 Å². The van der Waals surface area contributed by atoms with Gasteiger partial charge in [-0.2, -0.15) is 0 Å². The number of nitrogens with zero attached hydrogens (tertiary/aromatic N) is 2. The number of hydrogen-bond donors (Lipinski definition) is 1. The Morgan fingerprint density at radius 2 is 1.79 bits per heavy atom. The summed E-state index contributed by atoms with van der Waals surface area (Å²) in [5.74, 6) is -1.09. The number of ether oxygens (including phenoxy) is 3. The van der Waals surface area contributed by atoms with E-state index in [1.165, 1.54) is 31.4 Å². The number of non-ortho nitro benzene ring substituents is 1. The molecule has 28 heavy (non-hydrogen) atoms. The molecule has 1 heterocycles. The van der Waals surface area contributed by atoms with Crippen molar-refractivity contribution < 1.29 is 28.9 Å². The lowest BCUT2D eigenvalue weighted by molar-refractivity contribution is -0.431. The summed E-state index contributed by atoms with van der Waals surface area (Å²) in [7, 11) is 2.58. The van der Waals surface area contributed by atoms with Crippen LogP contribution in [0.4, 0.5) is 10.5 Å². The van der Waals surface area contributed by atoms with Crippen LogP contribution in [0.15, 0.2) is 47.1 Å². The molecule has 1 aliphatic rings. The van der Waals surface area contributed by atoms with Crippen LogP contribution in [0.1, 0.15) is 24.8 Å². The first kappa shape index (κ1) is 20.8. The monoisotopic (exact) mass is 393 g/mol. The maximum absolute atomic E-state index is 11.9. The molecule has 0 spiro atoms. The molecule has 0 radical (unpaired) electrons. The molecule has 1 N–H and O–H groups in total. The summed E-state index contributed by atoms with van der Waals surface area (Å²) in [6.45, 7) is 1.83. The van der Waals surface area contributed by atoms with Gasteiger partial charge in [0.2, 0.25) is 0 Å². The maximum atomic E-state index is 11.9. The molecular formula is C17H19N3O8. The summed E-state index contributed by atoms with van der Waals surface area (Å²) >= 11 is 0. The molecule has 150 valence electrons. The highest BCUT2D eigenvalue weighted by atomic mass is 16.7. The second-order valence-corrected chi connectivity index (χ2v) is 5.82. The summed E-state index contributed by atoms with van der Waals surface area (Å²) in [6, 6.07) is 5.24. The normalized spacial score (nSPS) is 16.5. The van der Waals surface area contributed by atoms with Crippen molar-refractivity contribution in [3.63, 3.8) is 0 Å². The molecule has 0 aromatic heterocycles. The first-order valence-corrected chi connectivity index (χ1v) is 8.14. The van der Waals surface area contributed by atoms with Crippen molar-refractivity contribution in [1.82, 2.24) is 5.32 Å². The van der Waals surface area contributed by atoms with E-state index < -0.39 is 21.9 Å². The van der Waals surface area contributed by atoms with E-state index in [4.69, 9.17) is 9.47 Å². The molecule has 1 aromatic carbocycles. The summed E-state index contributed by atoms with van der Waals surface area (Å²) in [5.41, 5.74) is 0.623. The van der Waals surface area contributed by atoms with Gasteiger partial charge in [-0.3, -0.25) is 20.2 Å². The Balaban J connectivity index is 2.61. The molecule has 2 rings (SSSR count). The van der Waals surface area contributed by atoms with Crippen LogP contribution in [0.25, 0.3) is 0 Å². The van der Waals surface area contributed by atoms with Gasteiger partial charge in [0.1, 0.15) is 11.7 Å². The molecule has 1 unspecified atom stereocenters. The SMILES string of the molecule is COCCC1=C([N+](=O)[O-])C(c2ccc([N+](=O)[O-])cc2)C(OC(=O)OC)=C(C)N1. The highest BCUT2D eigenvalue weighted by Crippen LogP contribution is 2.40. The second kappa shape index (κ2) is 8.95. The summed E-state index contributed by atoms with van der Waals surface area (Å²) in [5, 5.41) is 25.6. The Morgan fingerprint density at radius 3 is 2.29 bits per heavy atom. The third kappa shape index (κ3) is 4.43. The van der Waals surface area contributed by atoms with Crippen molar-refractivity contribution in [2.24, 2.45) is 0 Å². The van der Waals surface area contributed by atoms with E-state index in [0.29, 0.717) is 17.0 Å². The van der Waals surface area contributed by atoms with Crippen LogP contribution < -0.4 is 5.32 Å². The van der Waals surface area contributed by atoms with Crippen molar-refractivity contribution in [1.29, 1.82) is 0 Å². The molecule has 0 fully saturated rings. The zero-order valence-corrected chi connectivity index (χ0v) is 15.5. The lowest BCUT2D eigenvalue weighted by Crippen LogP contribution is -2.31. The van der Waals surface area contributed by atoms with Crippen LogP contribution in [0.3, 0.4) is 0 Å². The van der Waals surface area contributed by atoms with E-state index >= 15 is 0 Å². The lowest BCUT2D eigenvalue weighted by Gasteiger charge is -2.27. The Labute approximate surface area is 159 Å². The van der Waals surface area contributed by atoms with E-state index in [2.05, 4.69) is 10.1 Å². The average molecular weight is 393 g/mol. The van der Waals surface area contributed by atoms with E-state index in [1.807, 2.05) is 0 Å². The molecule has 1 aliphatic heterocycles. The number of carbonyl (C=O) groups is 1. The number of hydrogen-bond acceptors (Lipinski definition) is 9. The number of rotatable bonds is 7. The van der Waals surface area contributed by atoms with E-state index in [0.717, 1.165) is 7.11 Å². The fourth-order valence-corrected chi connectivity index (χ4v) is 2.84.